The summed E-state index contributed by atoms with van der Waals surface area (Å²) in [5.74, 6) is 0.440. The Labute approximate surface area is 203 Å². The lowest BCUT2D eigenvalue weighted by Crippen LogP contribution is -2.55. The fourth-order valence-electron chi connectivity index (χ4n) is 5.46. The molecule has 3 heterocycles. The molecule has 1 amide bonds. The number of fused-ring (bicyclic) bond motifs is 1. The number of likely N-dealkylation sites (N-methyl/N-ethyl adjacent to an activating group) is 2. The number of carbonyl (C=O) groups excluding carboxylic acids is 1. The van der Waals surface area contributed by atoms with Gasteiger partial charge in [0.25, 0.3) is 0 Å². The summed E-state index contributed by atoms with van der Waals surface area (Å²) in [6.45, 7) is 2.79. The summed E-state index contributed by atoms with van der Waals surface area (Å²) in [4.78, 5) is 16.2. The molecule has 1 fully saturated rings. The molecule has 1 saturated carbocycles. The van der Waals surface area contributed by atoms with Crippen LogP contribution in [0.3, 0.4) is 0 Å². The van der Waals surface area contributed by atoms with Crippen LogP contribution in [0.25, 0.3) is 0 Å². The zero-order valence-electron chi connectivity index (χ0n) is 19.5. The summed E-state index contributed by atoms with van der Waals surface area (Å²) < 4.78 is 15.2. The van der Waals surface area contributed by atoms with Crippen molar-refractivity contribution < 1.29 is 9.18 Å². The van der Waals surface area contributed by atoms with Crippen molar-refractivity contribution in [3.05, 3.63) is 46.3 Å². The number of halogens is 2. The quantitative estimate of drug-likeness (QED) is 0.423. The van der Waals surface area contributed by atoms with E-state index in [0.717, 1.165) is 36.8 Å². The van der Waals surface area contributed by atoms with Crippen LogP contribution in [0, 0.1) is 0 Å². The molecule has 182 valence electrons. The van der Waals surface area contributed by atoms with Gasteiger partial charge in [-0.15, -0.1) is 9.24 Å². The minimum Gasteiger partial charge on any atom is -0.367 e. The summed E-state index contributed by atoms with van der Waals surface area (Å²) in [7, 11) is 6.77. The highest BCUT2D eigenvalue weighted by molar-refractivity contribution is 7.19. The summed E-state index contributed by atoms with van der Waals surface area (Å²) in [6.07, 6.45) is 9.78. The van der Waals surface area contributed by atoms with Crippen molar-refractivity contribution >= 4 is 26.7 Å². The minimum absolute atomic E-state index is 0.0261. The van der Waals surface area contributed by atoms with Gasteiger partial charge in [0.15, 0.2) is 5.83 Å². The molecule has 4 N–H and O–H groups in total. The highest BCUT2D eigenvalue weighted by Crippen LogP contribution is 2.40. The van der Waals surface area contributed by atoms with Crippen molar-refractivity contribution in [1.82, 2.24) is 31.1 Å². The Bertz CT molecular complexity index is 921. The van der Waals surface area contributed by atoms with Crippen LogP contribution in [-0.4, -0.2) is 66.4 Å². The van der Waals surface area contributed by atoms with E-state index in [1.165, 1.54) is 0 Å². The number of allylic oxidation sites excluding steroid dienone is 2. The Hall–Kier alpha value is -1.76. The molecule has 0 aromatic heterocycles. The molecule has 3 aliphatic heterocycles. The van der Waals surface area contributed by atoms with E-state index < -0.39 is 0 Å². The van der Waals surface area contributed by atoms with Crippen LogP contribution in [0.2, 0.25) is 0 Å². The molecule has 0 aromatic rings. The number of nitrogens with zero attached hydrogens (tertiary/aromatic N) is 2. The fourth-order valence-corrected chi connectivity index (χ4v) is 6.32. The molecule has 0 aromatic carbocycles. The summed E-state index contributed by atoms with van der Waals surface area (Å²) in [5.41, 5.74) is 2.13. The first-order chi connectivity index (χ1) is 15.7. The predicted octanol–water partition coefficient (Wildman–Crippen LogP) is 2.42. The Morgan fingerprint density at radius 1 is 1.33 bits per heavy atom. The van der Waals surface area contributed by atoms with Crippen molar-refractivity contribution in [2.75, 3.05) is 27.2 Å². The molecule has 0 saturated heterocycles. The van der Waals surface area contributed by atoms with Crippen molar-refractivity contribution in [3.8, 4) is 0 Å². The van der Waals surface area contributed by atoms with Gasteiger partial charge < -0.3 is 26.2 Å². The van der Waals surface area contributed by atoms with Crippen LogP contribution < -0.4 is 21.3 Å². The second kappa shape index (κ2) is 9.85. The number of carbonyl (C=O) groups is 1. The van der Waals surface area contributed by atoms with Crippen LogP contribution >= 0.6 is 20.8 Å². The molecular formula is C23H35ClFN6OP. The minimum atomic E-state index is -0.170. The molecule has 7 nitrogen and oxygen atoms in total. The third-order valence-electron chi connectivity index (χ3n) is 6.90. The predicted molar refractivity (Wildman–Crippen MR) is 134 cm³/mol. The Kier molecular flexibility index (Phi) is 7.27. The second-order valence-corrected chi connectivity index (χ2v) is 11.2. The lowest BCUT2D eigenvalue weighted by atomic mass is 9.82. The van der Waals surface area contributed by atoms with Gasteiger partial charge in [-0.25, -0.2) is 4.39 Å². The highest BCUT2D eigenvalue weighted by atomic mass is 35.5. The van der Waals surface area contributed by atoms with Crippen LogP contribution in [-0.2, 0) is 4.79 Å². The van der Waals surface area contributed by atoms with Crippen molar-refractivity contribution in [3.63, 3.8) is 0 Å². The van der Waals surface area contributed by atoms with Crippen LogP contribution in [0.4, 0.5) is 4.39 Å². The number of hydrogen-bond donors (Lipinski definition) is 4. The van der Waals surface area contributed by atoms with Crippen molar-refractivity contribution in [1.29, 1.82) is 0 Å². The smallest absolute Gasteiger partial charge is 0.220 e. The van der Waals surface area contributed by atoms with Crippen molar-refractivity contribution in [2.45, 2.75) is 62.6 Å². The fraction of sp³-hybridized carbons (Fsp3) is 0.609. The van der Waals surface area contributed by atoms with E-state index in [9.17, 15) is 4.79 Å². The monoisotopic (exact) mass is 496 g/mol. The van der Waals surface area contributed by atoms with E-state index in [4.69, 9.17) is 11.6 Å². The van der Waals surface area contributed by atoms with Gasteiger partial charge in [-0.3, -0.25) is 9.69 Å². The second-order valence-electron chi connectivity index (χ2n) is 9.58. The van der Waals surface area contributed by atoms with Gasteiger partial charge in [-0.05, 0) is 44.5 Å². The van der Waals surface area contributed by atoms with E-state index in [1.54, 1.807) is 6.20 Å². The maximum Gasteiger partial charge on any atom is 0.220 e. The summed E-state index contributed by atoms with van der Waals surface area (Å²) in [6, 6.07) is 0.106. The first-order valence-electron chi connectivity index (χ1n) is 11.6. The average Bonchev–Trinajstić information content (AvgIpc) is 3.13. The molecule has 0 spiro atoms. The SMILES string of the molecule is CCNC(=O)C[C@]1(P)CCCC(NC2=C(F)CN(C)C(C3=CNC4NC=C(Cl)C=C34)N2C)C1. The van der Waals surface area contributed by atoms with Crippen LogP contribution in [0.1, 0.15) is 39.0 Å². The zero-order valence-corrected chi connectivity index (χ0v) is 21.5. The number of nitrogens with one attached hydrogen (secondary N) is 4. The maximum atomic E-state index is 15.2. The first kappa shape index (κ1) is 24.4. The Morgan fingerprint density at radius 2 is 2.09 bits per heavy atom. The first-order valence-corrected chi connectivity index (χ1v) is 12.6. The molecule has 10 heteroatoms. The van der Waals surface area contributed by atoms with Gasteiger partial charge >= 0.3 is 0 Å². The van der Waals surface area contributed by atoms with Gasteiger partial charge in [-0.1, -0.05) is 18.0 Å². The lowest BCUT2D eigenvalue weighted by molar-refractivity contribution is -0.121. The molecule has 4 rings (SSSR count). The van der Waals surface area contributed by atoms with E-state index >= 15 is 4.39 Å². The molecule has 1 aliphatic carbocycles. The summed E-state index contributed by atoms with van der Waals surface area (Å²) >= 11 is 6.25. The largest absolute Gasteiger partial charge is 0.367 e. The molecular weight excluding hydrogens is 462 g/mol. The van der Waals surface area contributed by atoms with Gasteiger partial charge in [0, 0.05) is 49.6 Å². The highest BCUT2D eigenvalue weighted by Gasteiger charge is 2.40. The maximum absolute atomic E-state index is 15.2. The van der Waals surface area contributed by atoms with E-state index in [2.05, 4.69) is 30.5 Å². The van der Waals surface area contributed by atoms with Gasteiger partial charge in [0.05, 0.1) is 11.6 Å². The van der Waals surface area contributed by atoms with Crippen LogP contribution in [0.5, 0.6) is 0 Å². The zero-order chi connectivity index (χ0) is 23.8. The van der Waals surface area contributed by atoms with Crippen LogP contribution in [0.15, 0.2) is 46.3 Å². The number of amides is 1. The van der Waals surface area contributed by atoms with Crippen molar-refractivity contribution in [2.24, 2.45) is 0 Å². The topological polar surface area (TPSA) is 71.7 Å². The number of dihydropyridines is 1. The number of hydrogen-bond acceptors (Lipinski definition) is 6. The van der Waals surface area contributed by atoms with Gasteiger partial charge in [-0.2, -0.15) is 0 Å². The Morgan fingerprint density at radius 3 is 2.85 bits per heavy atom. The molecule has 4 aliphatic rings. The van der Waals surface area contributed by atoms with E-state index in [1.807, 2.05) is 43.1 Å². The molecule has 0 radical (unpaired) electrons. The van der Waals surface area contributed by atoms with E-state index in [-0.39, 0.29) is 41.8 Å². The number of rotatable bonds is 6. The lowest BCUT2D eigenvalue weighted by Gasteiger charge is -2.45. The van der Waals surface area contributed by atoms with Gasteiger partial charge in [0.2, 0.25) is 5.91 Å². The third-order valence-corrected chi connectivity index (χ3v) is 7.85. The average molecular weight is 497 g/mol. The van der Waals surface area contributed by atoms with E-state index in [0.29, 0.717) is 23.8 Å². The normalized spacial score (nSPS) is 32.2. The standard InChI is InChI=1S/C23H35ClFN6OP/c1-4-26-19(32)10-23(33)7-5-6-15(9-23)29-21-18(25)13-30(2)22(31(21)3)17-12-28-20-16(17)8-14(24)11-27-20/h8,11-12,15,20,22,27-29H,4-7,9-10,13,33H2,1-3H3,(H,26,32)/t15?,20?,22?,23-/m0/s1. The molecule has 0 bridgehead atoms. The van der Waals surface area contributed by atoms with Gasteiger partial charge in [0.1, 0.15) is 18.2 Å². The summed E-state index contributed by atoms with van der Waals surface area (Å²) in [5, 5.41) is 13.5. The molecule has 4 unspecified atom stereocenters. The Balaban J connectivity index is 1.49. The molecule has 5 atom stereocenters. The molecule has 33 heavy (non-hydrogen) atoms. The third kappa shape index (κ3) is 5.18.